The highest BCUT2D eigenvalue weighted by Gasteiger charge is 2.16. The Labute approximate surface area is 192 Å². The minimum Gasteiger partial charge on any atom is -0.493 e. The van der Waals surface area contributed by atoms with Gasteiger partial charge in [-0.25, -0.2) is 9.97 Å². The van der Waals surface area contributed by atoms with Gasteiger partial charge in [0.25, 0.3) is 0 Å². The average molecular weight is 442 g/mol. The molecule has 0 amide bonds. The number of methoxy groups -OCH3 is 2. The van der Waals surface area contributed by atoms with Crippen molar-refractivity contribution < 1.29 is 14.2 Å². The fraction of sp³-hybridized carbons (Fsp3) is 0.259. The molecule has 0 spiro atoms. The Bertz CT molecular complexity index is 1440. The fourth-order valence-corrected chi connectivity index (χ4v) is 4.06. The summed E-state index contributed by atoms with van der Waals surface area (Å²) in [5.74, 6) is 2.66. The van der Waals surface area contributed by atoms with E-state index in [9.17, 15) is 0 Å². The van der Waals surface area contributed by atoms with E-state index in [1.807, 2.05) is 36.4 Å². The van der Waals surface area contributed by atoms with Crippen LogP contribution in [0.3, 0.4) is 0 Å². The lowest BCUT2D eigenvalue weighted by atomic mass is 10.2. The Hall–Kier alpha value is -3.80. The van der Waals surface area contributed by atoms with Gasteiger partial charge in [0.1, 0.15) is 11.3 Å². The third-order valence-corrected chi connectivity index (χ3v) is 5.70. The van der Waals surface area contributed by atoms with Gasteiger partial charge in [0.05, 0.1) is 37.4 Å². The van der Waals surface area contributed by atoms with E-state index in [0.29, 0.717) is 30.6 Å². The van der Waals surface area contributed by atoms with E-state index in [4.69, 9.17) is 24.2 Å². The van der Waals surface area contributed by atoms with Crippen LogP contribution in [-0.2, 0) is 6.54 Å². The maximum atomic E-state index is 5.84. The lowest BCUT2D eigenvalue weighted by molar-refractivity contribution is 0.271. The maximum Gasteiger partial charge on any atom is 0.163 e. The van der Waals surface area contributed by atoms with Gasteiger partial charge in [0, 0.05) is 24.1 Å². The van der Waals surface area contributed by atoms with E-state index in [1.165, 1.54) is 5.56 Å². The van der Waals surface area contributed by atoms with Crippen LogP contribution in [0, 0.1) is 5.92 Å². The first kappa shape index (κ1) is 21.1. The first-order chi connectivity index (χ1) is 16.1. The lowest BCUT2D eigenvalue weighted by Gasteiger charge is -2.11. The van der Waals surface area contributed by atoms with Gasteiger partial charge in [0.2, 0.25) is 0 Å². The Morgan fingerprint density at radius 2 is 1.52 bits per heavy atom. The van der Waals surface area contributed by atoms with Crippen LogP contribution in [-0.4, -0.2) is 35.4 Å². The topological polar surface area (TPSA) is 58.4 Å². The third-order valence-electron chi connectivity index (χ3n) is 5.70. The standard InChI is InChI=1S/C27H27N3O3/c1-17(2)16-33-19-11-9-18(10-12-19)15-30-23-8-6-5-7-20(23)26-27(30)29-22-14-25(32-4)24(31-3)13-21(22)28-26/h5-14,17H,15-16H2,1-4H3. The Kier molecular flexibility index (Phi) is 5.50. The molecule has 0 N–H and O–H groups in total. The summed E-state index contributed by atoms with van der Waals surface area (Å²) in [5, 5.41) is 1.08. The molecule has 0 saturated carbocycles. The zero-order valence-electron chi connectivity index (χ0n) is 19.3. The molecule has 0 aliphatic heterocycles. The molecule has 0 radical (unpaired) electrons. The SMILES string of the molecule is COc1cc2nc3c4ccccc4n(Cc4ccc(OCC(C)C)cc4)c3nc2cc1OC. The molecule has 0 fully saturated rings. The summed E-state index contributed by atoms with van der Waals surface area (Å²) in [4.78, 5) is 9.97. The van der Waals surface area contributed by atoms with Gasteiger partial charge < -0.3 is 18.8 Å². The second-order valence-corrected chi connectivity index (χ2v) is 8.54. The largest absolute Gasteiger partial charge is 0.493 e. The zero-order chi connectivity index (χ0) is 22.9. The predicted octanol–water partition coefficient (Wildman–Crippen LogP) is 5.84. The van der Waals surface area contributed by atoms with E-state index in [0.717, 1.165) is 38.8 Å². The predicted molar refractivity (Wildman–Crippen MR) is 132 cm³/mol. The van der Waals surface area contributed by atoms with Crippen LogP contribution in [0.25, 0.3) is 33.1 Å². The minimum absolute atomic E-state index is 0.495. The molecule has 168 valence electrons. The molecule has 0 bridgehead atoms. The number of benzene rings is 3. The number of hydrogen-bond acceptors (Lipinski definition) is 5. The zero-order valence-corrected chi connectivity index (χ0v) is 19.3. The molecular weight excluding hydrogens is 414 g/mol. The van der Waals surface area contributed by atoms with Crippen molar-refractivity contribution in [2.75, 3.05) is 20.8 Å². The Balaban J connectivity index is 1.62. The van der Waals surface area contributed by atoms with Gasteiger partial charge in [-0.2, -0.15) is 0 Å². The Morgan fingerprint density at radius 3 is 2.18 bits per heavy atom. The van der Waals surface area contributed by atoms with Gasteiger partial charge in [-0.3, -0.25) is 0 Å². The molecule has 0 aliphatic rings. The number of rotatable bonds is 7. The molecule has 3 aromatic carbocycles. The van der Waals surface area contributed by atoms with Gasteiger partial charge in [-0.15, -0.1) is 0 Å². The summed E-state index contributed by atoms with van der Waals surface area (Å²) in [5.41, 5.74) is 5.53. The van der Waals surface area contributed by atoms with E-state index in [-0.39, 0.29) is 0 Å². The summed E-state index contributed by atoms with van der Waals surface area (Å²) >= 11 is 0. The third kappa shape index (κ3) is 3.93. The number of fused-ring (bicyclic) bond motifs is 4. The monoisotopic (exact) mass is 441 g/mol. The summed E-state index contributed by atoms with van der Waals surface area (Å²) < 4.78 is 19.0. The van der Waals surface area contributed by atoms with Gasteiger partial charge in [-0.05, 0) is 29.7 Å². The van der Waals surface area contributed by atoms with Gasteiger partial charge in [0.15, 0.2) is 17.1 Å². The molecule has 0 unspecified atom stereocenters. The highest BCUT2D eigenvalue weighted by molar-refractivity contribution is 6.06. The first-order valence-corrected chi connectivity index (χ1v) is 11.1. The van der Waals surface area contributed by atoms with Crippen LogP contribution in [0.5, 0.6) is 17.2 Å². The number of para-hydroxylation sites is 1. The molecule has 0 atom stereocenters. The molecule has 0 aliphatic carbocycles. The van der Waals surface area contributed by atoms with E-state index in [1.54, 1.807) is 14.2 Å². The van der Waals surface area contributed by atoms with Crippen molar-refractivity contribution in [2.24, 2.45) is 5.92 Å². The van der Waals surface area contributed by atoms with E-state index >= 15 is 0 Å². The van der Waals surface area contributed by atoms with Crippen LogP contribution < -0.4 is 14.2 Å². The number of hydrogen-bond donors (Lipinski definition) is 0. The fourth-order valence-electron chi connectivity index (χ4n) is 4.06. The van der Waals surface area contributed by atoms with E-state index in [2.05, 4.69) is 42.7 Å². The Morgan fingerprint density at radius 1 is 0.848 bits per heavy atom. The maximum absolute atomic E-state index is 5.84. The van der Waals surface area contributed by atoms with Crippen LogP contribution in [0.2, 0.25) is 0 Å². The molecule has 5 rings (SSSR count). The summed E-state index contributed by atoms with van der Waals surface area (Å²) in [6.07, 6.45) is 0. The van der Waals surface area contributed by atoms with Crippen molar-refractivity contribution in [3.63, 3.8) is 0 Å². The second-order valence-electron chi connectivity index (χ2n) is 8.54. The lowest BCUT2D eigenvalue weighted by Crippen LogP contribution is -2.05. The van der Waals surface area contributed by atoms with Crippen molar-refractivity contribution in [1.82, 2.24) is 14.5 Å². The van der Waals surface area contributed by atoms with Gasteiger partial charge in [-0.1, -0.05) is 44.2 Å². The molecular formula is C27H27N3O3. The summed E-state index contributed by atoms with van der Waals surface area (Å²) in [6.45, 7) is 5.69. The van der Waals surface area contributed by atoms with Crippen LogP contribution in [0.1, 0.15) is 19.4 Å². The molecule has 2 aromatic heterocycles. The minimum atomic E-state index is 0.495. The van der Waals surface area contributed by atoms with Crippen molar-refractivity contribution in [3.05, 3.63) is 66.2 Å². The molecule has 2 heterocycles. The van der Waals surface area contributed by atoms with Crippen LogP contribution in [0.4, 0.5) is 0 Å². The number of nitrogens with zero attached hydrogens (tertiary/aromatic N) is 3. The number of ether oxygens (including phenoxy) is 3. The first-order valence-electron chi connectivity index (χ1n) is 11.1. The molecule has 0 saturated heterocycles. The highest BCUT2D eigenvalue weighted by atomic mass is 16.5. The van der Waals surface area contributed by atoms with Crippen molar-refractivity contribution in [2.45, 2.75) is 20.4 Å². The summed E-state index contributed by atoms with van der Waals surface area (Å²) in [7, 11) is 3.25. The normalized spacial score (nSPS) is 11.5. The van der Waals surface area contributed by atoms with Gasteiger partial charge >= 0.3 is 0 Å². The quantitative estimate of drug-likeness (QED) is 0.318. The van der Waals surface area contributed by atoms with Crippen LogP contribution in [0.15, 0.2) is 60.7 Å². The molecule has 33 heavy (non-hydrogen) atoms. The summed E-state index contributed by atoms with van der Waals surface area (Å²) in [6, 6.07) is 20.3. The van der Waals surface area contributed by atoms with Crippen molar-refractivity contribution in [3.8, 4) is 17.2 Å². The van der Waals surface area contributed by atoms with E-state index < -0.39 is 0 Å². The van der Waals surface area contributed by atoms with Crippen molar-refractivity contribution in [1.29, 1.82) is 0 Å². The molecule has 6 heteroatoms. The smallest absolute Gasteiger partial charge is 0.163 e. The molecule has 5 aromatic rings. The highest BCUT2D eigenvalue weighted by Crippen LogP contribution is 2.34. The number of aromatic nitrogens is 3. The van der Waals surface area contributed by atoms with Crippen LogP contribution >= 0.6 is 0 Å². The molecule has 6 nitrogen and oxygen atoms in total. The second kappa shape index (κ2) is 8.62. The van der Waals surface area contributed by atoms with Crippen molar-refractivity contribution >= 4 is 33.1 Å². The average Bonchev–Trinajstić information content (AvgIpc) is 3.13.